The van der Waals surface area contributed by atoms with E-state index in [0.29, 0.717) is 18.5 Å². The Labute approximate surface area is 111 Å². The Balaban J connectivity index is 2.46. The van der Waals surface area contributed by atoms with Crippen LogP contribution in [0.5, 0.6) is 5.75 Å². The number of rotatable bonds is 3. The number of anilines is 1. The zero-order valence-corrected chi connectivity index (χ0v) is 11.3. The highest BCUT2D eigenvalue weighted by molar-refractivity contribution is 5.88. The number of guanidine groups is 1. The summed E-state index contributed by atoms with van der Waals surface area (Å²) in [6.45, 7) is 4.51. The van der Waals surface area contributed by atoms with Gasteiger partial charge in [-0.25, -0.2) is 10.3 Å². The van der Waals surface area contributed by atoms with E-state index in [1.165, 1.54) is 0 Å². The highest BCUT2D eigenvalue weighted by atomic mass is 16.5. The molecule has 0 aliphatic rings. The van der Waals surface area contributed by atoms with Gasteiger partial charge in [0.2, 0.25) is 0 Å². The van der Waals surface area contributed by atoms with Crippen molar-refractivity contribution in [3.05, 3.63) is 23.9 Å². The van der Waals surface area contributed by atoms with Gasteiger partial charge in [0.25, 0.3) is 5.95 Å². The number of benzene rings is 1. The van der Waals surface area contributed by atoms with Crippen LogP contribution in [0.15, 0.2) is 18.2 Å². The molecule has 1 aromatic heterocycles. The van der Waals surface area contributed by atoms with E-state index in [1.54, 1.807) is 7.05 Å². The Bertz CT molecular complexity index is 624. The maximum absolute atomic E-state index is 5.67. The van der Waals surface area contributed by atoms with E-state index in [4.69, 9.17) is 10.5 Å². The van der Waals surface area contributed by atoms with Crippen LogP contribution in [0.4, 0.5) is 5.95 Å². The molecule has 19 heavy (non-hydrogen) atoms. The van der Waals surface area contributed by atoms with Crippen molar-refractivity contribution in [1.29, 1.82) is 0 Å². The fraction of sp³-hybridized carbons (Fsp3) is 0.308. The molecule has 0 radical (unpaired) electrons. The Morgan fingerprint density at radius 1 is 1.42 bits per heavy atom. The molecule has 0 saturated heterocycles. The summed E-state index contributed by atoms with van der Waals surface area (Å²) in [6.07, 6.45) is 0. The van der Waals surface area contributed by atoms with Gasteiger partial charge in [0.15, 0.2) is 0 Å². The Morgan fingerprint density at radius 3 is 2.89 bits per heavy atom. The highest BCUT2D eigenvalue weighted by Gasteiger charge is 2.09. The number of aromatic nitrogens is 2. The molecular weight excluding hydrogens is 242 g/mol. The minimum atomic E-state index is 0.403. The maximum Gasteiger partial charge on any atom is 0.348 e. The molecule has 0 fully saturated rings. The van der Waals surface area contributed by atoms with Crippen molar-refractivity contribution < 1.29 is 9.73 Å². The third-order valence-electron chi connectivity index (χ3n) is 2.69. The molecule has 1 aromatic carbocycles. The van der Waals surface area contributed by atoms with E-state index < -0.39 is 0 Å². The van der Waals surface area contributed by atoms with Gasteiger partial charge < -0.3 is 4.74 Å². The van der Waals surface area contributed by atoms with Gasteiger partial charge in [0, 0.05) is 11.5 Å². The SMILES string of the molecule is CCOc1ccc2c(C)nc(NC(N)=[NH+]C)nc2c1. The van der Waals surface area contributed by atoms with Gasteiger partial charge in [-0.05, 0) is 26.0 Å². The van der Waals surface area contributed by atoms with Crippen LogP contribution in [0.3, 0.4) is 0 Å². The summed E-state index contributed by atoms with van der Waals surface area (Å²) < 4.78 is 5.47. The molecule has 0 amide bonds. The van der Waals surface area contributed by atoms with E-state index in [1.807, 2.05) is 32.0 Å². The lowest BCUT2D eigenvalue weighted by molar-refractivity contribution is -0.420. The summed E-state index contributed by atoms with van der Waals surface area (Å²) in [4.78, 5) is 11.6. The largest absolute Gasteiger partial charge is 0.494 e. The molecule has 1 heterocycles. The standard InChI is InChI=1S/C13H17N5O/c1-4-19-9-5-6-10-8(2)16-13(17-11(10)7-9)18-12(14)15-3/h5-7H,4H2,1-3H3,(H3,14,15,16,17,18)/p+1. The average molecular weight is 260 g/mol. The van der Waals surface area contributed by atoms with Crippen LogP contribution in [-0.4, -0.2) is 29.6 Å². The lowest BCUT2D eigenvalue weighted by Gasteiger charge is -2.07. The summed E-state index contributed by atoms with van der Waals surface area (Å²) in [5, 5.41) is 3.89. The normalized spacial score (nSPS) is 11.6. The number of hydrogen-bond donors (Lipinski definition) is 3. The van der Waals surface area contributed by atoms with Crippen LogP contribution in [0, 0.1) is 6.92 Å². The Hall–Kier alpha value is -2.37. The number of hydrogen-bond acceptors (Lipinski definition) is 3. The zero-order valence-electron chi connectivity index (χ0n) is 11.3. The van der Waals surface area contributed by atoms with Crippen molar-refractivity contribution in [2.45, 2.75) is 13.8 Å². The number of aryl methyl sites for hydroxylation is 1. The molecule has 0 unspecified atom stereocenters. The van der Waals surface area contributed by atoms with E-state index in [0.717, 1.165) is 22.3 Å². The van der Waals surface area contributed by atoms with Crippen molar-refractivity contribution in [3.8, 4) is 5.75 Å². The second kappa shape index (κ2) is 5.51. The van der Waals surface area contributed by atoms with E-state index in [9.17, 15) is 0 Å². The second-order valence-electron chi connectivity index (χ2n) is 4.03. The van der Waals surface area contributed by atoms with Crippen LogP contribution in [0.1, 0.15) is 12.6 Å². The molecule has 0 spiro atoms. The Kier molecular flexibility index (Phi) is 3.79. The highest BCUT2D eigenvalue weighted by Crippen LogP contribution is 2.22. The van der Waals surface area contributed by atoms with Gasteiger partial charge in [0.05, 0.1) is 24.9 Å². The van der Waals surface area contributed by atoms with Gasteiger partial charge in [-0.1, -0.05) is 0 Å². The smallest absolute Gasteiger partial charge is 0.348 e. The second-order valence-corrected chi connectivity index (χ2v) is 4.03. The third kappa shape index (κ3) is 2.90. The number of nitrogens with two attached hydrogens (primary N) is 1. The van der Waals surface area contributed by atoms with Crippen LogP contribution in [0.2, 0.25) is 0 Å². The topological polar surface area (TPSA) is 87.0 Å². The molecule has 6 nitrogen and oxygen atoms in total. The van der Waals surface area contributed by atoms with E-state index in [2.05, 4.69) is 20.3 Å². The zero-order chi connectivity index (χ0) is 13.8. The first-order valence-electron chi connectivity index (χ1n) is 6.12. The summed E-state index contributed by atoms with van der Waals surface area (Å²) in [6, 6.07) is 5.78. The quantitative estimate of drug-likeness (QED) is 0.524. The summed E-state index contributed by atoms with van der Waals surface area (Å²) in [7, 11) is 1.73. The van der Waals surface area contributed by atoms with Crippen molar-refractivity contribution in [3.63, 3.8) is 0 Å². The first-order valence-corrected chi connectivity index (χ1v) is 6.12. The van der Waals surface area contributed by atoms with Crippen molar-refractivity contribution in [1.82, 2.24) is 9.97 Å². The Morgan fingerprint density at radius 2 is 2.21 bits per heavy atom. The maximum atomic E-state index is 5.67. The third-order valence-corrected chi connectivity index (χ3v) is 2.69. The molecule has 100 valence electrons. The molecular formula is C13H18N5O+. The van der Waals surface area contributed by atoms with Gasteiger partial charge in [0.1, 0.15) is 5.75 Å². The van der Waals surface area contributed by atoms with Gasteiger partial charge in [-0.15, -0.1) is 0 Å². The minimum absolute atomic E-state index is 0.403. The predicted octanol–water partition coefficient (Wildman–Crippen LogP) is -0.226. The number of fused-ring (bicyclic) bond motifs is 1. The fourth-order valence-electron chi connectivity index (χ4n) is 1.76. The molecule has 0 aliphatic carbocycles. The van der Waals surface area contributed by atoms with Crippen LogP contribution in [-0.2, 0) is 0 Å². The lowest BCUT2D eigenvalue weighted by atomic mass is 10.2. The van der Waals surface area contributed by atoms with Crippen molar-refractivity contribution >= 4 is 22.8 Å². The molecule has 6 heteroatoms. The van der Waals surface area contributed by atoms with Crippen molar-refractivity contribution in [2.24, 2.45) is 5.73 Å². The van der Waals surface area contributed by atoms with Gasteiger partial charge >= 0.3 is 5.96 Å². The first-order chi connectivity index (χ1) is 9.13. The predicted molar refractivity (Wildman–Crippen MR) is 75.1 cm³/mol. The molecule has 0 bridgehead atoms. The summed E-state index contributed by atoms with van der Waals surface area (Å²) in [5.74, 6) is 1.66. The fourth-order valence-corrected chi connectivity index (χ4v) is 1.76. The van der Waals surface area contributed by atoms with Crippen LogP contribution >= 0.6 is 0 Å². The average Bonchev–Trinajstić information content (AvgIpc) is 2.38. The molecule has 4 N–H and O–H groups in total. The van der Waals surface area contributed by atoms with Crippen LogP contribution in [0.25, 0.3) is 10.9 Å². The molecule has 0 saturated carbocycles. The number of nitrogens with zero attached hydrogens (tertiary/aromatic N) is 2. The van der Waals surface area contributed by atoms with Gasteiger partial charge in [-0.3, -0.25) is 10.7 Å². The molecule has 2 rings (SSSR count). The van der Waals surface area contributed by atoms with Gasteiger partial charge in [-0.2, -0.15) is 4.98 Å². The number of ether oxygens (including phenoxy) is 1. The van der Waals surface area contributed by atoms with E-state index in [-0.39, 0.29) is 0 Å². The number of nitrogens with one attached hydrogen (secondary N) is 2. The van der Waals surface area contributed by atoms with E-state index >= 15 is 0 Å². The minimum Gasteiger partial charge on any atom is -0.494 e. The first kappa shape index (κ1) is 13.1. The molecule has 0 aliphatic heterocycles. The summed E-state index contributed by atoms with van der Waals surface area (Å²) >= 11 is 0. The molecule has 2 aromatic rings. The van der Waals surface area contributed by atoms with Crippen molar-refractivity contribution in [2.75, 3.05) is 19.0 Å². The molecule has 0 atom stereocenters. The summed E-state index contributed by atoms with van der Waals surface area (Å²) in [5.41, 5.74) is 7.38. The van der Waals surface area contributed by atoms with Crippen LogP contribution < -0.4 is 20.8 Å². The lowest BCUT2D eigenvalue weighted by Crippen LogP contribution is -2.73. The monoisotopic (exact) mass is 260 g/mol.